The van der Waals surface area contributed by atoms with Crippen molar-refractivity contribution in [2.45, 2.75) is 80.4 Å². The number of rotatable bonds is 14. The van der Waals surface area contributed by atoms with Crippen LogP contribution in [0.5, 0.6) is 5.75 Å². The molecule has 15 nitrogen and oxygen atoms in total. The summed E-state index contributed by atoms with van der Waals surface area (Å²) in [5.41, 5.74) is 2.65. The van der Waals surface area contributed by atoms with Crippen LogP contribution in [0.4, 0.5) is 34.2 Å². The van der Waals surface area contributed by atoms with Gasteiger partial charge < -0.3 is 0 Å². The van der Waals surface area contributed by atoms with E-state index in [1.165, 1.54) is 41.7 Å². The van der Waals surface area contributed by atoms with Gasteiger partial charge >= 0.3 is 256 Å². The molecule has 3 fully saturated rings. The number of imide groups is 1. The molecular formula is C56H55F4IN9O6S-. The number of hydrogen-bond donors (Lipinski definition) is 3. The number of hydrogen-bond acceptors (Lipinski definition) is 12. The van der Waals surface area contributed by atoms with Crippen LogP contribution in [0.2, 0.25) is 0 Å². The number of nitrogens with one attached hydrogen (secondary N) is 2. The predicted octanol–water partition coefficient (Wildman–Crippen LogP) is 6.98. The number of aromatic nitrogens is 4. The van der Waals surface area contributed by atoms with Crippen molar-refractivity contribution < 1.29 is 66.5 Å². The number of halogens is 5. The van der Waals surface area contributed by atoms with Gasteiger partial charge in [-0.2, -0.15) is 5.10 Å². The molecule has 21 heteroatoms. The van der Waals surface area contributed by atoms with Crippen molar-refractivity contribution in [1.29, 1.82) is 0 Å². The number of benzene rings is 4. The summed E-state index contributed by atoms with van der Waals surface area (Å²) in [5.74, 6) is -2.56. The first-order valence-electron chi connectivity index (χ1n) is 25.9. The molecule has 0 spiro atoms. The Morgan fingerprint density at radius 3 is 2.44 bits per heavy atom. The van der Waals surface area contributed by atoms with Crippen LogP contribution >= 0.6 is 11.3 Å². The third-order valence-electron chi connectivity index (χ3n) is 15.4. The molecule has 4 aliphatic rings. The van der Waals surface area contributed by atoms with Gasteiger partial charge in [0.15, 0.2) is 5.13 Å². The van der Waals surface area contributed by atoms with Gasteiger partial charge in [0, 0.05) is 24.4 Å². The summed E-state index contributed by atoms with van der Waals surface area (Å²) in [7, 11) is 1.78. The van der Waals surface area contributed by atoms with Crippen LogP contribution in [-0.4, -0.2) is 96.6 Å². The number of carboxylic acids is 1. The van der Waals surface area contributed by atoms with Crippen LogP contribution in [0.15, 0.2) is 84.9 Å². The molecule has 1 saturated carbocycles. The number of thiazole rings is 1. The fourth-order valence-electron chi connectivity index (χ4n) is 11.3. The molecule has 77 heavy (non-hydrogen) atoms. The normalized spacial score (nSPS) is 19.4. The van der Waals surface area contributed by atoms with Gasteiger partial charge in [0.05, 0.1) is 27.3 Å². The molecule has 3 N–H and O–H groups in total. The summed E-state index contributed by atoms with van der Waals surface area (Å²) in [6.45, 7) is 4.56. The van der Waals surface area contributed by atoms with Gasteiger partial charge in [-0.25, -0.2) is 9.37 Å². The molecule has 3 aromatic heterocycles. The Hall–Kier alpha value is -6.72. The number of carboxylic acid groups (broad SMARTS) is 1. The minimum absolute atomic E-state index is 0.103. The number of para-hydroxylation sites is 1. The van der Waals surface area contributed by atoms with Crippen LogP contribution in [0.3, 0.4) is 0 Å². The first kappa shape index (κ1) is 52.3. The number of piperidine rings is 1. The van der Waals surface area contributed by atoms with E-state index in [9.17, 15) is 37.5 Å². The molecule has 3 aliphatic heterocycles. The minimum atomic E-state index is -4.81. The number of nitrogens with zero attached hydrogens (tertiary/aromatic N) is 7. The molecule has 1 atom stereocenters. The molecule has 1 aliphatic carbocycles. The Morgan fingerprint density at radius 1 is 0.883 bits per heavy atom. The number of fused-ring (bicyclic) bond motifs is 3. The zero-order chi connectivity index (χ0) is 53.5. The Bertz CT molecular complexity index is 3390. The minimum Gasteiger partial charge on any atom is -0.00964 e. The van der Waals surface area contributed by atoms with Gasteiger partial charge in [-0.15, -0.1) is 0 Å². The number of aromatic carboxylic acids is 1. The van der Waals surface area contributed by atoms with E-state index in [0.717, 1.165) is 91.1 Å². The fourth-order valence-corrected chi connectivity index (χ4v) is 14.3. The Labute approximate surface area is 455 Å². The molecule has 402 valence electrons. The van der Waals surface area contributed by atoms with Crippen molar-refractivity contribution in [3.63, 3.8) is 0 Å². The standard InChI is InChI=1S/C56H55F4IN9O6S/c1-67-45-30-46(43(57)29-40(45)50(66-67)39-18-20-49(71)64-53(39)73)69-26-24-68(25-27-69)22-5-6-32-11-13-34(14-12-32)61-76-35-15-16-36(42(28-35)56(58,59)60)37-17-19-48(63-51(37)54(74)75)70-23-21-33-7-4-8-38(41(33)31-70)52(72)65-55-62-44-9-2-3-10-47(44)77-55/h2-4,7-10,15-17,19,28-30,32,34,39H,5-6,11-14,18,20-27,31H2,1H3,(H,74,75)(H,62,65,72)(H,64,71,73)/q-1. The van der Waals surface area contributed by atoms with Gasteiger partial charge in [0.2, 0.25) is 11.8 Å². The second-order valence-electron chi connectivity index (χ2n) is 20.2. The average Bonchev–Trinajstić information content (AvgIpc) is 4.07. The molecule has 1 unspecified atom stereocenters. The van der Waals surface area contributed by atoms with E-state index in [1.54, 1.807) is 17.8 Å². The van der Waals surface area contributed by atoms with E-state index in [1.807, 2.05) is 47.4 Å². The van der Waals surface area contributed by atoms with E-state index in [2.05, 4.69) is 35.5 Å². The SMILES string of the molecule is Cn1nc(C2CCC(=O)NC2=O)c2cc(F)c(N3CCN(CCCC4CCC([I-]Oc5ccc(-c6ccc(N7CCc8cccc(C(=O)Nc9nc%10ccccc%10s9)c8C7)nc6C(=O)O)c(C(F)(F)F)c5)CC4)CC3)cc21. The number of carbonyl (C=O) groups excluding carboxylic acids is 3. The molecule has 11 rings (SSSR count). The van der Waals surface area contributed by atoms with Gasteiger partial charge in [0.1, 0.15) is 5.82 Å². The van der Waals surface area contributed by atoms with Crippen LogP contribution in [0.1, 0.15) is 101 Å². The van der Waals surface area contributed by atoms with Gasteiger partial charge in [-0.1, -0.05) is 35.6 Å². The maximum absolute atomic E-state index is 15.7. The number of pyridine rings is 1. The van der Waals surface area contributed by atoms with E-state index in [-0.39, 0.29) is 53.3 Å². The zero-order valence-electron chi connectivity index (χ0n) is 42.0. The summed E-state index contributed by atoms with van der Waals surface area (Å²) in [5, 5.41) is 21.3. The van der Waals surface area contributed by atoms with E-state index < -0.39 is 56.8 Å². The Kier molecular flexibility index (Phi) is 14.9. The number of aryl methyl sites for hydroxylation is 1. The molecule has 7 aromatic rings. The van der Waals surface area contributed by atoms with Crippen molar-refractivity contribution in [2.75, 3.05) is 54.4 Å². The third-order valence-corrected chi connectivity index (χ3v) is 19.1. The van der Waals surface area contributed by atoms with Crippen LogP contribution in [-0.2, 0) is 35.8 Å². The first-order valence-corrected chi connectivity index (χ1v) is 28.8. The molecule has 3 amide bonds. The summed E-state index contributed by atoms with van der Waals surface area (Å²) in [4.78, 5) is 65.9. The Balaban J connectivity index is 0.664. The van der Waals surface area contributed by atoms with E-state index >= 15 is 4.39 Å². The van der Waals surface area contributed by atoms with Gasteiger partial charge in [0.25, 0.3) is 5.91 Å². The van der Waals surface area contributed by atoms with E-state index in [4.69, 9.17) is 3.07 Å². The maximum Gasteiger partial charge on any atom is 0.0705 e. The number of amides is 3. The zero-order valence-corrected chi connectivity index (χ0v) is 45.0. The van der Waals surface area contributed by atoms with Crippen LogP contribution < -0.4 is 45.1 Å². The predicted molar refractivity (Wildman–Crippen MR) is 280 cm³/mol. The first-order chi connectivity index (χ1) is 37.1. The molecule has 2 saturated heterocycles. The fraction of sp³-hybridized carbons (Fsp3) is 0.375. The quantitative estimate of drug-likeness (QED) is 0.0442. The summed E-state index contributed by atoms with van der Waals surface area (Å²) in [6.07, 6.45) is 2.35. The van der Waals surface area contributed by atoms with Crippen molar-refractivity contribution in [3.8, 4) is 16.9 Å². The molecule has 0 bridgehead atoms. The van der Waals surface area contributed by atoms with Crippen molar-refractivity contribution >= 4 is 72.8 Å². The van der Waals surface area contributed by atoms with Gasteiger partial charge in [-0.3, -0.25) is 29.7 Å². The number of piperazine rings is 1. The Morgan fingerprint density at radius 2 is 1.68 bits per heavy atom. The summed E-state index contributed by atoms with van der Waals surface area (Å²) < 4.78 is 69.3. The summed E-state index contributed by atoms with van der Waals surface area (Å²) in [6, 6.07) is 23.0. The molecule has 0 radical (unpaired) electrons. The second kappa shape index (κ2) is 22.0. The van der Waals surface area contributed by atoms with Gasteiger partial charge in [-0.05, 0) is 42.3 Å². The monoisotopic (exact) mass is 1180 g/mol. The second-order valence-corrected chi connectivity index (χ2v) is 24.0. The van der Waals surface area contributed by atoms with Crippen LogP contribution in [0.25, 0.3) is 32.2 Å². The number of carbonyl (C=O) groups is 4. The maximum atomic E-state index is 15.7. The van der Waals surface area contributed by atoms with Crippen molar-refractivity contribution in [3.05, 3.63) is 124 Å². The van der Waals surface area contributed by atoms with E-state index in [0.29, 0.717) is 69.8 Å². The number of anilines is 3. The summed E-state index contributed by atoms with van der Waals surface area (Å²) >= 11 is 0.436. The molecular weight excluding hydrogens is 1130 g/mol. The molecule has 6 heterocycles. The van der Waals surface area contributed by atoms with Crippen molar-refractivity contribution in [1.82, 2.24) is 30.0 Å². The topological polar surface area (TPSA) is 175 Å². The van der Waals surface area contributed by atoms with Crippen molar-refractivity contribution in [2.24, 2.45) is 13.0 Å². The largest absolute Gasteiger partial charge is 0.0705 e. The third kappa shape index (κ3) is 11.2. The number of alkyl halides is 4. The molecule has 4 aromatic carbocycles. The average molecular weight is 1190 g/mol. The smallest absolute Gasteiger partial charge is 0.00964 e. The van der Waals surface area contributed by atoms with Crippen LogP contribution in [0, 0.1) is 11.7 Å².